The third kappa shape index (κ3) is 2.74. The van der Waals surface area contributed by atoms with Crippen LogP contribution in [0.15, 0.2) is 48.5 Å². The highest BCUT2D eigenvalue weighted by atomic mass is 16.5. The van der Waals surface area contributed by atoms with Crippen molar-refractivity contribution in [3.05, 3.63) is 54.1 Å². The van der Waals surface area contributed by atoms with Gasteiger partial charge in [-0.25, -0.2) is 0 Å². The first kappa shape index (κ1) is 12.3. The molecule has 0 saturated heterocycles. The molecule has 0 aromatic heterocycles. The number of benzene rings is 2. The van der Waals surface area contributed by atoms with E-state index in [9.17, 15) is 10.2 Å². The smallest absolute Gasteiger partial charge is 0.127 e. The number of hydrogen-bond acceptors (Lipinski definition) is 3. The van der Waals surface area contributed by atoms with Gasteiger partial charge in [-0.3, -0.25) is 0 Å². The highest BCUT2D eigenvalue weighted by Crippen LogP contribution is 2.32. The first-order valence-corrected chi connectivity index (χ1v) is 5.94. The Kier molecular flexibility index (Phi) is 3.72. The van der Waals surface area contributed by atoms with Gasteiger partial charge >= 0.3 is 0 Å². The summed E-state index contributed by atoms with van der Waals surface area (Å²) in [7, 11) is 0. The van der Waals surface area contributed by atoms with Gasteiger partial charge in [0.1, 0.15) is 23.4 Å². The van der Waals surface area contributed by atoms with Crippen molar-refractivity contribution in [1.29, 1.82) is 0 Å². The number of para-hydroxylation sites is 1. The fourth-order valence-electron chi connectivity index (χ4n) is 1.83. The van der Waals surface area contributed by atoms with Crippen LogP contribution < -0.4 is 4.74 Å². The van der Waals surface area contributed by atoms with E-state index in [1.807, 2.05) is 37.3 Å². The van der Waals surface area contributed by atoms with Gasteiger partial charge in [-0.05, 0) is 36.8 Å². The normalized spacial score (nSPS) is 12.1. The van der Waals surface area contributed by atoms with Crippen molar-refractivity contribution in [1.82, 2.24) is 0 Å². The minimum Gasteiger partial charge on any atom is -0.508 e. The summed E-state index contributed by atoms with van der Waals surface area (Å²) in [6, 6.07) is 13.9. The first-order valence-electron chi connectivity index (χ1n) is 5.94. The summed E-state index contributed by atoms with van der Waals surface area (Å²) in [5.74, 6) is 1.00. The van der Waals surface area contributed by atoms with E-state index in [1.165, 1.54) is 18.2 Å². The van der Waals surface area contributed by atoms with E-state index >= 15 is 0 Å². The molecule has 2 aromatic carbocycles. The second-order valence-electron chi connectivity index (χ2n) is 4.07. The van der Waals surface area contributed by atoms with Gasteiger partial charge in [0.05, 0.1) is 0 Å². The third-order valence-corrected chi connectivity index (χ3v) is 2.75. The summed E-state index contributed by atoms with van der Waals surface area (Å²) >= 11 is 0. The van der Waals surface area contributed by atoms with Crippen LogP contribution in [0.25, 0.3) is 0 Å². The van der Waals surface area contributed by atoms with Crippen LogP contribution in [0.4, 0.5) is 0 Å². The quantitative estimate of drug-likeness (QED) is 0.807. The maximum atomic E-state index is 9.82. The molecule has 18 heavy (non-hydrogen) atoms. The van der Waals surface area contributed by atoms with E-state index in [1.54, 1.807) is 0 Å². The fourth-order valence-corrected chi connectivity index (χ4v) is 1.83. The Bertz CT molecular complexity index is 508. The SMILES string of the molecule is CCC(Oc1ccccc1)c1cc(O)ccc1O. The highest BCUT2D eigenvalue weighted by Gasteiger charge is 2.16. The van der Waals surface area contributed by atoms with Gasteiger partial charge < -0.3 is 14.9 Å². The number of phenolic OH excluding ortho intramolecular Hbond substituents is 2. The van der Waals surface area contributed by atoms with Crippen LogP contribution in [-0.2, 0) is 0 Å². The molecule has 3 heteroatoms. The molecule has 0 radical (unpaired) electrons. The van der Waals surface area contributed by atoms with Gasteiger partial charge in [-0.1, -0.05) is 25.1 Å². The molecular formula is C15H16O3. The van der Waals surface area contributed by atoms with Gasteiger partial charge in [0.15, 0.2) is 0 Å². The Hall–Kier alpha value is -2.16. The molecule has 0 amide bonds. The molecule has 3 nitrogen and oxygen atoms in total. The van der Waals surface area contributed by atoms with Crippen LogP contribution >= 0.6 is 0 Å². The Morgan fingerprint density at radius 1 is 1.06 bits per heavy atom. The molecule has 0 spiro atoms. The van der Waals surface area contributed by atoms with Crippen molar-refractivity contribution in [2.45, 2.75) is 19.4 Å². The standard InChI is InChI=1S/C15H16O3/c1-2-15(18-12-6-4-3-5-7-12)13-10-11(16)8-9-14(13)17/h3-10,15-17H,2H2,1H3. The summed E-state index contributed by atoms with van der Waals surface area (Å²) in [4.78, 5) is 0. The van der Waals surface area contributed by atoms with Crippen molar-refractivity contribution < 1.29 is 14.9 Å². The predicted molar refractivity (Wildman–Crippen MR) is 69.9 cm³/mol. The average molecular weight is 244 g/mol. The molecule has 0 bridgehead atoms. The van der Waals surface area contributed by atoms with Crippen LogP contribution in [0.2, 0.25) is 0 Å². The molecule has 2 N–H and O–H groups in total. The molecule has 0 saturated carbocycles. The highest BCUT2D eigenvalue weighted by molar-refractivity contribution is 5.40. The lowest BCUT2D eigenvalue weighted by Gasteiger charge is -2.19. The molecule has 0 aliphatic carbocycles. The van der Waals surface area contributed by atoms with Gasteiger partial charge in [-0.2, -0.15) is 0 Å². The fraction of sp³-hybridized carbons (Fsp3) is 0.200. The average Bonchev–Trinajstić information content (AvgIpc) is 2.40. The van der Waals surface area contributed by atoms with Crippen LogP contribution in [-0.4, -0.2) is 10.2 Å². The van der Waals surface area contributed by atoms with E-state index in [0.29, 0.717) is 12.0 Å². The second-order valence-corrected chi connectivity index (χ2v) is 4.07. The zero-order chi connectivity index (χ0) is 13.0. The minimum atomic E-state index is -0.278. The van der Waals surface area contributed by atoms with Crippen LogP contribution in [0.5, 0.6) is 17.2 Å². The summed E-state index contributed by atoms with van der Waals surface area (Å²) in [6.07, 6.45) is 0.422. The number of aromatic hydroxyl groups is 2. The monoisotopic (exact) mass is 244 g/mol. The number of phenols is 2. The van der Waals surface area contributed by atoms with Crippen molar-refractivity contribution in [2.24, 2.45) is 0 Å². The van der Waals surface area contributed by atoms with Crippen LogP contribution in [0.1, 0.15) is 25.0 Å². The molecule has 0 heterocycles. The van der Waals surface area contributed by atoms with Gasteiger partial charge in [0.25, 0.3) is 0 Å². The molecule has 2 rings (SSSR count). The summed E-state index contributed by atoms with van der Waals surface area (Å²) in [6.45, 7) is 1.97. The van der Waals surface area contributed by atoms with E-state index in [2.05, 4.69) is 0 Å². The summed E-state index contributed by atoms with van der Waals surface area (Å²) in [5.41, 5.74) is 0.598. The molecule has 1 atom stereocenters. The lowest BCUT2D eigenvalue weighted by molar-refractivity contribution is 0.196. The van der Waals surface area contributed by atoms with E-state index in [-0.39, 0.29) is 17.6 Å². The minimum absolute atomic E-state index is 0.123. The van der Waals surface area contributed by atoms with Crippen LogP contribution in [0, 0.1) is 0 Å². The maximum Gasteiger partial charge on any atom is 0.127 e. The van der Waals surface area contributed by atoms with Crippen LogP contribution in [0.3, 0.4) is 0 Å². The molecule has 1 unspecified atom stereocenters. The Morgan fingerprint density at radius 3 is 2.44 bits per heavy atom. The number of hydrogen-bond donors (Lipinski definition) is 2. The second kappa shape index (κ2) is 5.45. The van der Waals surface area contributed by atoms with Gasteiger partial charge in [0, 0.05) is 5.56 Å². The number of rotatable bonds is 4. The van der Waals surface area contributed by atoms with Gasteiger partial charge in [-0.15, -0.1) is 0 Å². The maximum absolute atomic E-state index is 9.82. The number of ether oxygens (including phenoxy) is 1. The van der Waals surface area contributed by atoms with Crippen molar-refractivity contribution in [2.75, 3.05) is 0 Å². The third-order valence-electron chi connectivity index (χ3n) is 2.75. The molecule has 94 valence electrons. The molecule has 2 aromatic rings. The van der Waals surface area contributed by atoms with E-state index in [4.69, 9.17) is 4.74 Å². The molecular weight excluding hydrogens is 228 g/mol. The summed E-state index contributed by atoms with van der Waals surface area (Å²) < 4.78 is 5.81. The lowest BCUT2D eigenvalue weighted by Crippen LogP contribution is -2.06. The summed E-state index contributed by atoms with van der Waals surface area (Å²) in [5, 5.41) is 19.3. The van der Waals surface area contributed by atoms with Crippen molar-refractivity contribution >= 4 is 0 Å². The zero-order valence-corrected chi connectivity index (χ0v) is 10.2. The lowest BCUT2D eigenvalue weighted by atomic mass is 10.1. The van der Waals surface area contributed by atoms with E-state index < -0.39 is 0 Å². The Labute approximate surface area is 106 Å². The topological polar surface area (TPSA) is 49.7 Å². The zero-order valence-electron chi connectivity index (χ0n) is 10.2. The Balaban J connectivity index is 2.26. The van der Waals surface area contributed by atoms with Crippen molar-refractivity contribution in [3.8, 4) is 17.2 Å². The first-order chi connectivity index (χ1) is 8.70. The van der Waals surface area contributed by atoms with E-state index in [0.717, 1.165) is 5.75 Å². The van der Waals surface area contributed by atoms with Gasteiger partial charge in [0.2, 0.25) is 0 Å². The Morgan fingerprint density at radius 2 is 1.78 bits per heavy atom. The molecule has 0 aliphatic heterocycles. The molecule has 0 fully saturated rings. The largest absolute Gasteiger partial charge is 0.508 e. The predicted octanol–water partition coefficient (Wildman–Crippen LogP) is 3.63. The molecule has 0 aliphatic rings. The van der Waals surface area contributed by atoms with Crippen molar-refractivity contribution in [3.63, 3.8) is 0 Å².